The van der Waals surface area contributed by atoms with Crippen LogP contribution in [0.4, 0.5) is 0 Å². The van der Waals surface area contributed by atoms with Gasteiger partial charge >= 0.3 is 0 Å². The van der Waals surface area contributed by atoms with Gasteiger partial charge in [-0.3, -0.25) is 8.97 Å². The molecule has 0 N–H and O–H groups in total. The molecule has 7 aromatic carbocycles. The summed E-state index contributed by atoms with van der Waals surface area (Å²) in [5, 5.41) is 4.71. The van der Waals surface area contributed by atoms with E-state index in [2.05, 4.69) is 179 Å². The van der Waals surface area contributed by atoms with Crippen LogP contribution in [0.5, 0.6) is 0 Å². The molecule has 258 valence electrons. The van der Waals surface area contributed by atoms with Crippen LogP contribution in [0.15, 0.2) is 162 Å². The van der Waals surface area contributed by atoms with Crippen molar-refractivity contribution in [2.24, 2.45) is 0 Å². The molecule has 0 saturated carbocycles. The van der Waals surface area contributed by atoms with Gasteiger partial charge in [-0.15, -0.1) is 0 Å². The Morgan fingerprint density at radius 1 is 0.453 bits per heavy atom. The maximum absolute atomic E-state index is 6.37. The van der Waals surface area contributed by atoms with E-state index in [0.29, 0.717) is 0 Å². The van der Waals surface area contributed by atoms with E-state index in [1.165, 1.54) is 28.2 Å². The minimum atomic E-state index is 0.881. The van der Waals surface area contributed by atoms with Gasteiger partial charge in [0, 0.05) is 32.9 Å². The summed E-state index contributed by atoms with van der Waals surface area (Å²) in [5.41, 5.74) is 13.0. The van der Waals surface area contributed by atoms with Gasteiger partial charge in [0.05, 0.1) is 33.1 Å². The highest BCUT2D eigenvalue weighted by atomic mass is 16.3. The second kappa shape index (κ2) is 13.2. The molecule has 53 heavy (non-hydrogen) atoms. The van der Waals surface area contributed by atoms with Gasteiger partial charge in [0.15, 0.2) is 0 Å². The van der Waals surface area contributed by atoms with E-state index in [1.807, 2.05) is 19.9 Å². The number of aromatic nitrogens is 4. The van der Waals surface area contributed by atoms with E-state index >= 15 is 0 Å². The molecule has 4 heterocycles. The third kappa shape index (κ3) is 5.11. The third-order valence-electron chi connectivity index (χ3n) is 9.84. The molecule has 11 aromatic rings. The predicted octanol–water partition coefficient (Wildman–Crippen LogP) is 13.5. The minimum Gasteiger partial charge on any atom is -0.456 e. The van der Waals surface area contributed by atoms with Crippen molar-refractivity contribution >= 4 is 71.6 Å². The van der Waals surface area contributed by atoms with Crippen LogP contribution in [0.1, 0.15) is 34.1 Å². The number of hydrogen-bond acceptors (Lipinski definition) is 2. The van der Waals surface area contributed by atoms with Crippen LogP contribution in [-0.2, 0) is 0 Å². The molecule has 5 heteroatoms. The Morgan fingerprint density at radius 3 is 1.72 bits per heavy atom. The Balaban J connectivity index is 0.000000711. The lowest BCUT2D eigenvalue weighted by Crippen LogP contribution is -1.95. The molecular formula is C48H40N4O. The number of nitrogens with zero attached hydrogens (tertiary/aromatic N) is 4. The average Bonchev–Trinajstić information content (AvgIpc) is 3.95. The average molecular weight is 689 g/mol. The first-order valence-electron chi connectivity index (χ1n) is 18.6. The van der Waals surface area contributed by atoms with E-state index in [4.69, 9.17) is 9.40 Å². The fourth-order valence-corrected chi connectivity index (χ4v) is 7.71. The Morgan fingerprint density at radius 2 is 1.00 bits per heavy atom. The SMILES string of the molecule is CC.CCC.c1cc(-c2ccc3oc4ccc(-n5c6ccccc6c6ccccc65)cc4c3c2)cc(-n2c3ccccc3n3c4ccccc4nc23)c1. The van der Waals surface area contributed by atoms with E-state index in [9.17, 15) is 0 Å². The summed E-state index contributed by atoms with van der Waals surface area (Å²) in [7, 11) is 0. The largest absolute Gasteiger partial charge is 0.456 e. The number of para-hydroxylation sites is 6. The van der Waals surface area contributed by atoms with Gasteiger partial charge in [0.2, 0.25) is 5.78 Å². The van der Waals surface area contributed by atoms with Gasteiger partial charge in [-0.1, -0.05) is 113 Å². The quantitative estimate of drug-likeness (QED) is 0.185. The highest BCUT2D eigenvalue weighted by molar-refractivity contribution is 6.11. The summed E-state index contributed by atoms with van der Waals surface area (Å²) in [6.45, 7) is 8.25. The van der Waals surface area contributed by atoms with E-state index in [1.54, 1.807) is 0 Å². The molecular weight excluding hydrogens is 649 g/mol. The van der Waals surface area contributed by atoms with Crippen molar-refractivity contribution in [3.8, 4) is 22.5 Å². The molecule has 0 aliphatic rings. The number of imidazole rings is 2. The maximum Gasteiger partial charge on any atom is 0.220 e. The molecule has 0 radical (unpaired) electrons. The van der Waals surface area contributed by atoms with Crippen LogP contribution in [0, 0.1) is 0 Å². The van der Waals surface area contributed by atoms with Crippen molar-refractivity contribution < 1.29 is 4.42 Å². The zero-order valence-corrected chi connectivity index (χ0v) is 30.4. The summed E-state index contributed by atoms with van der Waals surface area (Å²) in [5.74, 6) is 0.906. The second-order valence-electron chi connectivity index (χ2n) is 13.2. The van der Waals surface area contributed by atoms with E-state index in [-0.39, 0.29) is 0 Å². The highest BCUT2D eigenvalue weighted by Gasteiger charge is 2.18. The minimum absolute atomic E-state index is 0.881. The zero-order chi connectivity index (χ0) is 36.1. The van der Waals surface area contributed by atoms with E-state index in [0.717, 1.165) is 72.3 Å². The Labute approximate surface area is 307 Å². The van der Waals surface area contributed by atoms with Crippen molar-refractivity contribution in [3.63, 3.8) is 0 Å². The Kier molecular flexibility index (Phi) is 8.04. The first-order chi connectivity index (χ1) is 26.2. The van der Waals surface area contributed by atoms with Crippen molar-refractivity contribution in [3.05, 3.63) is 158 Å². The molecule has 0 aliphatic heterocycles. The molecule has 0 spiro atoms. The number of rotatable bonds is 3. The highest BCUT2D eigenvalue weighted by Crippen LogP contribution is 2.37. The number of furan rings is 1. The van der Waals surface area contributed by atoms with Crippen molar-refractivity contribution in [2.45, 2.75) is 34.1 Å². The first-order valence-corrected chi connectivity index (χ1v) is 18.6. The summed E-state index contributed by atoms with van der Waals surface area (Å²) < 4.78 is 13.3. The number of fused-ring (bicyclic) bond motifs is 11. The fraction of sp³-hybridized carbons (Fsp3) is 0.104. The molecule has 0 aliphatic carbocycles. The van der Waals surface area contributed by atoms with Crippen LogP contribution < -0.4 is 0 Å². The number of benzene rings is 7. The molecule has 0 saturated heterocycles. The van der Waals surface area contributed by atoms with Crippen LogP contribution in [0.3, 0.4) is 0 Å². The van der Waals surface area contributed by atoms with Crippen LogP contribution in [0.2, 0.25) is 0 Å². The zero-order valence-electron chi connectivity index (χ0n) is 30.4. The molecule has 0 bridgehead atoms. The smallest absolute Gasteiger partial charge is 0.220 e. The van der Waals surface area contributed by atoms with Crippen LogP contribution >= 0.6 is 0 Å². The van der Waals surface area contributed by atoms with Gasteiger partial charge in [0.25, 0.3) is 0 Å². The monoisotopic (exact) mass is 688 g/mol. The van der Waals surface area contributed by atoms with Crippen molar-refractivity contribution in [1.29, 1.82) is 0 Å². The molecule has 5 nitrogen and oxygen atoms in total. The maximum atomic E-state index is 6.37. The second-order valence-corrected chi connectivity index (χ2v) is 13.2. The van der Waals surface area contributed by atoms with Gasteiger partial charge in [0.1, 0.15) is 11.2 Å². The number of hydrogen-bond donors (Lipinski definition) is 0. The van der Waals surface area contributed by atoms with E-state index < -0.39 is 0 Å². The Bertz CT molecular complexity index is 3040. The Hall–Kier alpha value is -6.59. The topological polar surface area (TPSA) is 40.3 Å². The molecule has 0 amide bonds. The van der Waals surface area contributed by atoms with Gasteiger partial charge in [-0.2, -0.15) is 0 Å². The standard InChI is InChI=1S/C43H26N4O.C3H8.C2H6/c1-4-15-36-31(12-1)32-13-2-5-16-37(32)45(36)30-21-23-42-34(26-30)33-25-28(20-22-41(33)48-42)27-10-9-11-29(24-27)46-39-18-7-8-19-40(39)47-38-17-6-3-14-35(38)44-43(46)47;1-3-2;1-2/h1-26H;3H2,1-2H3;1-2H3. The molecule has 4 aromatic heterocycles. The van der Waals surface area contributed by atoms with Gasteiger partial charge in [-0.05, 0) is 90.0 Å². The summed E-state index contributed by atoms with van der Waals surface area (Å²) in [4.78, 5) is 5.08. The molecule has 11 rings (SSSR count). The van der Waals surface area contributed by atoms with Gasteiger partial charge < -0.3 is 8.98 Å². The van der Waals surface area contributed by atoms with Gasteiger partial charge in [-0.25, -0.2) is 4.98 Å². The summed E-state index contributed by atoms with van der Waals surface area (Å²) in [6.07, 6.45) is 1.25. The van der Waals surface area contributed by atoms with Crippen molar-refractivity contribution in [1.82, 2.24) is 18.5 Å². The summed E-state index contributed by atoms with van der Waals surface area (Å²) >= 11 is 0. The fourth-order valence-electron chi connectivity index (χ4n) is 7.71. The lowest BCUT2D eigenvalue weighted by atomic mass is 10.0. The first kappa shape index (κ1) is 32.3. The lowest BCUT2D eigenvalue weighted by Gasteiger charge is -2.09. The lowest BCUT2D eigenvalue weighted by molar-refractivity contribution is 0.669. The van der Waals surface area contributed by atoms with Crippen LogP contribution in [-0.4, -0.2) is 18.5 Å². The van der Waals surface area contributed by atoms with Crippen molar-refractivity contribution in [2.75, 3.05) is 0 Å². The van der Waals surface area contributed by atoms with Crippen LogP contribution in [0.25, 0.3) is 94.1 Å². The summed E-state index contributed by atoms with van der Waals surface area (Å²) in [6, 6.07) is 55.9. The molecule has 0 atom stereocenters. The molecule has 0 fully saturated rings. The third-order valence-corrected chi connectivity index (χ3v) is 9.84. The normalized spacial score (nSPS) is 11.5. The predicted molar refractivity (Wildman–Crippen MR) is 224 cm³/mol. The molecule has 0 unspecified atom stereocenters.